The number of halogens is 2. The molecule has 0 aromatic heterocycles. The Morgan fingerprint density at radius 3 is 1.41 bits per heavy atom. The van der Waals surface area contributed by atoms with Crippen LogP contribution in [0.3, 0.4) is 0 Å². The van der Waals surface area contributed by atoms with E-state index in [1.54, 1.807) is 0 Å². The van der Waals surface area contributed by atoms with Gasteiger partial charge in [-0.1, -0.05) is 0 Å². The molecule has 0 nitrogen and oxygen atoms in total. The Balaban J connectivity index is 2.36. The summed E-state index contributed by atoms with van der Waals surface area (Å²) in [6, 6.07) is 16.0. The van der Waals surface area contributed by atoms with Gasteiger partial charge in [0, 0.05) is 0 Å². The second-order valence-electron chi connectivity index (χ2n) is 3.72. The first-order valence-electron chi connectivity index (χ1n) is 5.17. The van der Waals surface area contributed by atoms with Crippen molar-refractivity contribution in [3.05, 3.63) is 69.7 Å². The van der Waals surface area contributed by atoms with Gasteiger partial charge in [-0.15, -0.1) is 0 Å². The summed E-state index contributed by atoms with van der Waals surface area (Å²) in [5.74, 6) is 0. The molecular formula is C13H10Cl2SSn. The predicted octanol–water partition coefficient (Wildman–Crippen LogP) is 4.63. The molecule has 86 valence electrons. The zero-order valence-electron chi connectivity index (χ0n) is 8.94. The van der Waals surface area contributed by atoms with Gasteiger partial charge in [-0.05, 0) is 0 Å². The average molecular weight is 388 g/mol. The molecule has 0 aliphatic carbocycles. The van der Waals surface area contributed by atoms with Gasteiger partial charge < -0.3 is 0 Å². The summed E-state index contributed by atoms with van der Waals surface area (Å²) in [4.78, 5) is 0. The van der Waals surface area contributed by atoms with Crippen molar-refractivity contribution in [3.8, 4) is 0 Å². The molecule has 0 saturated heterocycles. The van der Waals surface area contributed by atoms with Crippen LogP contribution in [-0.2, 0) is 0 Å². The van der Waals surface area contributed by atoms with Crippen LogP contribution in [-0.4, -0.2) is 19.2 Å². The third-order valence-corrected chi connectivity index (χ3v) is 7.90. The van der Waals surface area contributed by atoms with E-state index in [0.717, 1.165) is 10.0 Å². The van der Waals surface area contributed by atoms with E-state index in [-0.39, 0.29) is 0 Å². The summed E-state index contributed by atoms with van der Waals surface area (Å²) in [6.45, 7) is 0. The third-order valence-electron chi connectivity index (χ3n) is 2.59. The van der Waals surface area contributed by atoms with Crippen LogP contribution < -0.4 is 0 Å². The number of hydrogen-bond donors (Lipinski definition) is 0. The van der Waals surface area contributed by atoms with Gasteiger partial charge in [0.15, 0.2) is 0 Å². The molecule has 0 spiro atoms. The molecule has 0 bridgehead atoms. The van der Waals surface area contributed by atoms with Gasteiger partial charge in [0.05, 0.1) is 0 Å². The quantitative estimate of drug-likeness (QED) is 0.692. The van der Waals surface area contributed by atoms with Crippen molar-refractivity contribution in [3.63, 3.8) is 0 Å². The molecule has 0 aliphatic rings. The van der Waals surface area contributed by atoms with Crippen molar-refractivity contribution < 1.29 is 0 Å². The van der Waals surface area contributed by atoms with E-state index in [9.17, 15) is 0 Å². The Hall–Kier alpha value is 0.0387. The third kappa shape index (κ3) is 3.50. The molecular weight excluding hydrogens is 378 g/mol. The van der Waals surface area contributed by atoms with Gasteiger partial charge in [-0.3, -0.25) is 0 Å². The number of benzene rings is 2. The second-order valence-corrected chi connectivity index (χ2v) is 9.09. The first kappa shape index (κ1) is 13.5. The summed E-state index contributed by atoms with van der Waals surface area (Å²) in [5, 5.41) is 1.53. The fourth-order valence-corrected chi connectivity index (χ4v) is 6.22. The summed E-state index contributed by atoms with van der Waals surface area (Å²) in [6.07, 6.45) is 0. The van der Waals surface area contributed by atoms with Gasteiger partial charge in [0.25, 0.3) is 0 Å². The van der Waals surface area contributed by atoms with Gasteiger partial charge in [0.2, 0.25) is 0 Å². The molecule has 4 heteroatoms. The number of rotatable bonds is 3. The van der Waals surface area contributed by atoms with E-state index in [4.69, 9.17) is 32.5 Å². The molecule has 17 heavy (non-hydrogen) atoms. The van der Waals surface area contributed by atoms with E-state index in [0.29, 0.717) is 3.93 Å². The first-order chi connectivity index (χ1) is 8.20. The van der Waals surface area contributed by atoms with Gasteiger partial charge in [0.1, 0.15) is 0 Å². The molecule has 0 unspecified atom stereocenters. The Kier molecular flexibility index (Phi) is 4.97. The van der Waals surface area contributed by atoms with E-state index >= 15 is 0 Å². The van der Waals surface area contributed by atoms with Crippen molar-refractivity contribution in [2.24, 2.45) is 0 Å². The zero-order chi connectivity index (χ0) is 12.3. The molecule has 0 heterocycles. The molecule has 0 aliphatic heterocycles. The fraction of sp³-hybridized carbons (Fsp3) is 0.0769. The molecule has 0 atom stereocenters. The van der Waals surface area contributed by atoms with Gasteiger partial charge in [-0.2, -0.15) is 0 Å². The molecule has 2 aromatic carbocycles. The molecule has 0 amide bonds. The van der Waals surface area contributed by atoms with Crippen molar-refractivity contribution in [2.75, 3.05) is 0 Å². The van der Waals surface area contributed by atoms with E-state index in [1.165, 1.54) is 11.1 Å². The zero-order valence-corrected chi connectivity index (χ0v) is 14.6. The van der Waals surface area contributed by atoms with Crippen LogP contribution in [0.15, 0.2) is 48.5 Å². The van der Waals surface area contributed by atoms with Crippen LogP contribution in [0.1, 0.15) is 15.1 Å². The molecule has 0 fully saturated rings. The van der Waals surface area contributed by atoms with Crippen LogP contribution >= 0.6 is 32.5 Å². The topological polar surface area (TPSA) is 0 Å². The van der Waals surface area contributed by atoms with E-state index < -0.39 is 19.2 Å². The normalized spacial score (nSPS) is 10.5. The van der Waals surface area contributed by atoms with Gasteiger partial charge in [-0.25, -0.2) is 0 Å². The van der Waals surface area contributed by atoms with Crippen molar-refractivity contribution in [2.45, 2.75) is 3.93 Å². The van der Waals surface area contributed by atoms with E-state index in [2.05, 4.69) is 24.3 Å². The predicted molar refractivity (Wildman–Crippen MR) is 79.5 cm³/mol. The monoisotopic (exact) mass is 388 g/mol. The molecule has 2 aromatic rings. The number of hydrogen-bond acceptors (Lipinski definition) is 1. The van der Waals surface area contributed by atoms with Crippen molar-refractivity contribution >= 4 is 51.7 Å². The van der Waals surface area contributed by atoms with Crippen LogP contribution in [0.4, 0.5) is 0 Å². The van der Waals surface area contributed by atoms with Crippen molar-refractivity contribution in [1.82, 2.24) is 0 Å². The summed E-state index contributed by atoms with van der Waals surface area (Å²) < 4.78 is 0.412. The average Bonchev–Trinajstić information content (AvgIpc) is 2.35. The van der Waals surface area contributed by atoms with Crippen LogP contribution in [0.25, 0.3) is 0 Å². The Morgan fingerprint density at radius 1 is 0.765 bits per heavy atom. The second kappa shape index (κ2) is 6.28. The summed E-state index contributed by atoms with van der Waals surface area (Å²) in [5.41, 5.74) is 2.54. The molecule has 0 N–H and O–H groups in total. The van der Waals surface area contributed by atoms with Crippen LogP contribution in [0.2, 0.25) is 10.0 Å². The summed E-state index contributed by atoms with van der Waals surface area (Å²) >= 11 is 10.7. The molecule has 0 saturated carbocycles. The minimum atomic E-state index is -1.05. The first-order valence-corrected chi connectivity index (χ1v) is 12.3. The molecule has 0 radical (unpaired) electrons. The minimum absolute atomic E-state index is 0.412. The Labute approximate surface area is 124 Å². The van der Waals surface area contributed by atoms with Crippen LogP contribution in [0, 0.1) is 0 Å². The summed E-state index contributed by atoms with van der Waals surface area (Å²) in [7, 11) is 5.43. The SMILES string of the molecule is [S]=[SnH][CH](c1ccc(Cl)cc1)c1ccc(Cl)cc1. The van der Waals surface area contributed by atoms with Gasteiger partial charge >= 0.3 is 125 Å². The van der Waals surface area contributed by atoms with E-state index in [1.807, 2.05) is 24.3 Å². The maximum absolute atomic E-state index is 5.90. The van der Waals surface area contributed by atoms with Crippen LogP contribution in [0.5, 0.6) is 0 Å². The fourth-order valence-electron chi connectivity index (χ4n) is 1.69. The van der Waals surface area contributed by atoms with Crippen molar-refractivity contribution in [1.29, 1.82) is 0 Å². The molecule has 2 rings (SSSR count). The Morgan fingerprint density at radius 2 is 1.12 bits per heavy atom. The standard InChI is InChI=1S/C13H9Cl2.S.Sn.H/c14-12-5-1-10(2-6-12)9-11-3-7-13(15)8-4-11;;;/h1-9H;;;. The maximum atomic E-state index is 5.90. The Bertz CT molecular complexity index is 462.